The van der Waals surface area contributed by atoms with E-state index < -0.39 is 34.0 Å². The van der Waals surface area contributed by atoms with Crippen LogP contribution in [0, 0.1) is 23.3 Å². The summed E-state index contributed by atoms with van der Waals surface area (Å²) in [5, 5.41) is -0.825. The summed E-state index contributed by atoms with van der Waals surface area (Å²) in [4.78, 5) is 8.33. The molecule has 2 heterocycles. The van der Waals surface area contributed by atoms with Crippen LogP contribution in [0.2, 0.25) is 0 Å². The molecule has 0 N–H and O–H groups in total. The van der Waals surface area contributed by atoms with Crippen LogP contribution in [0.3, 0.4) is 0 Å². The van der Waals surface area contributed by atoms with Crippen molar-refractivity contribution in [1.82, 2.24) is 9.97 Å². The smallest absolute Gasteiger partial charge is 0.171 e. The van der Waals surface area contributed by atoms with E-state index in [-0.39, 0.29) is 28.1 Å². The van der Waals surface area contributed by atoms with E-state index in [1.165, 1.54) is 12.1 Å². The molecule has 3 nitrogen and oxygen atoms in total. The minimum Gasteiger partial charge on any atom is -0.456 e. The van der Waals surface area contributed by atoms with E-state index in [1.54, 1.807) is 12.4 Å². The molecule has 0 aliphatic rings. The number of aromatic nitrogens is 2. The zero-order valence-corrected chi connectivity index (χ0v) is 17.4. The molecular formula is C24H22F4N2O. The fourth-order valence-corrected chi connectivity index (χ4v) is 3.82. The molecule has 4 aromatic rings. The second-order valence-corrected chi connectivity index (χ2v) is 7.69. The average molecular weight is 430 g/mol. The van der Waals surface area contributed by atoms with Crippen LogP contribution in [0.5, 0.6) is 0 Å². The molecule has 0 saturated carbocycles. The minimum absolute atomic E-state index is 0.00341. The predicted molar refractivity (Wildman–Crippen MR) is 112 cm³/mol. The molecule has 0 bridgehead atoms. The maximum atomic E-state index is 15.0. The Bertz CT molecular complexity index is 1250. The van der Waals surface area contributed by atoms with Crippen molar-refractivity contribution in [1.29, 1.82) is 0 Å². The van der Waals surface area contributed by atoms with Gasteiger partial charge >= 0.3 is 0 Å². The second kappa shape index (κ2) is 8.65. The molecule has 4 rings (SSSR count). The second-order valence-electron chi connectivity index (χ2n) is 7.69. The Morgan fingerprint density at radius 3 is 2.03 bits per heavy atom. The maximum Gasteiger partial charge on any atom is 0.171 e. The highest BCUT2D eigenvalue weighted by Crippen LogP contribution is 2.38. The molecule has 0 saturated heterocycles. The molecule has 2 aromatic heterocycles. The Labute approximate surface area is 177 Å². The first-order valence-corrected chi connectivity index (χ1v) is 10.5. The Morgan fingerprint density at radius 2 is 1.39 bits per heavy atom. The van der Waals surface area contributed by atoms with Crippen LogP contribution in [0.15, 0.2) is 28.9 Å². The number of unbranched alkanes of at least 4 members (excludes halogenated alkanes) is 2. The first-order chi connectivity index (χ1) is 15.0. The van der Waals surface area contributed by atoms with E-state index in [0.717, 1.165) is 31.2 Å². The number of halogens is 4. The van der Waals surface area contributed by atoms with Crippen molar-refractivity contribution in [2.45, 2.75) is 52.4 Å². The molecule has 162 valence electrons. The zero-order valence-electron chi connectivity index (χ0n) is 17.4. The van der Waals surface area contributed by atoms with Gasteiger partial charge in [-0.3, -0.25) is 0 Å². The summed E-state index contributed by atoms with van der Waals surface area (Å²) < 4.78 is 64.6. The molecule has 2 aromatic carbocycles. The van der Waals surface area contributed by atoms with Gasteiger partial charge in [0.1, 0.15) is 11.2 Å². The van der Waals surface area contributed by atoms with Crippen LogP contribution in [0.4, 0.5) is 17.6 Å². The molecule has 0 fully saturated rings. The number of aryl methyl sites for hydroxylation is 2. The van der Waals surface area contributed by atoms with Crippen LogP contribution in [-0.2, 0) is 12.8 Å². The molecule has 0 unspecified atom stereocenters. The molecule has 0 spiro atoms. The third kappa shape index (κ3) is 3.77. The number of hydrogen-bond donors (Lipinski definition) is 0. The summed E-state index contributed by atoms with van der Waals surface area (Å²) in [5.74, 6) is -4.85. The first kappa shape index (κ1) is 21.3. The van der Waals surface area contributed by atoms with Crippen molar-refractivity contribution >= 4 is 21.9 Å². The van der Waals surface area contributed by atoms with Gasteiger partial charge in [0.25, 0.3) is 0 Å². The van der Waals surface area contributed by atoms with E-state index in [0.29, 0.717) is 12.8 Å². The Hall–Kier alpha value is -2.96. The predicted octanol–water partition coefficient (Wildman–Crippen LogP) is 7.28. The monoisotopic (exact) mass is 430 g/mol. The third-order valence-electron chi connectivity index (χ3n) is 5.42. The lowest BCUT2D eigenvalue weighted by atomic mass is 10.0. The normalized spacial score (nSPS) is 11.7. The van der Waals surface area contributed by atoms with Crippen molar-refractivity contribution < 1.29 is 22.0 Å². The lowest BCUT2D eigenvalue weighted by Gasteiger charge is -2.06. The number of furan rings is 1. The zero-order chi connectivity index (χ0) is 22.1. The van der Waals surface area contributed by atoms with Gasteiger partial charge in [-0.25, -0.2) is 27.5 Å². The highest BCUT2D eigenvalue weighted by atomic mass is 19.2. The Balaban J connectivity index is 1.82. The van der Waals surface area contributed by atoms with Crippen LogP contribution in [0.25, 0.3) is 33.3 Å². The summed E-state index contributed by atoms with van der Waals surface area (Å²) >= 11 is 0. The van der Waals surface area contributed by atoms with E-state index in [2.05, 4.69) is 16.9 Å². The molecule has 31 heavy (non-hydrogen) atoms. The summed E-state index contributed by atoms with van der Waals surface area (Å²) in [5.41, 5.74) is 0.726. The van der Waals surface area contributed by atoms with Gasteiger partial charge in [0.2, 0.25) is 0 Å². The highest BCUT2D eigenvalue weighted by molar-refractivity contribution is 6.06. The van der Waals surface area contributed by atoms with Gasteiger partial charge in [0, 0.05) is 12.4 Å². The highest BCUT2D eigenvalue weighted by Gasteiger charge is 2.25. The number of fused-ring (bicyclic) bond motifs is 3. The molecular weight excluding hydrogens is 408 g/mol. The minimum atomic E-state index is -1.32. The van der Waals surface area contributed by atoms with Gasteiger partial charge < -0.3 is 4.42 Å². The summed E-state index contributed by atoms with van der Waals surface area (Å²) in [7, 11) is 0. The Morgan fingerprint density at radius 1 is 0.742 bits per heavy atom. The SMILES string of the molecule is CCCCCc1cnc(-c2cc3oc4cc(CCC)c(F)c(F)c4c3c(F)c2F)nc1. The van der Waals surface area contributed by atoms with Gasteiger partial charge in [-0.15, -0.1) is 0 Å². The van der Waals surface area contributed by atoms with E-state index >= 15 is 0 Å². The summed E-state index contributed by atoms with van der Waals surface area (Å²) in [6, 6.07) is 2.58. The molecule has 0 aliphatic heterocycles. The Kier molecular flexibility index (Phi) is 5.94. The van der Waals surface area contributed by atoms with Crippen LogP contribution < -0.4 is 0 Å². The standard InChI is InChI=1S/C24H22F4N2O/c1-3-5-6-8-13-11-29-24(30-12-13)15-10-17-19(23(28)21(15)26)18-16(31-17)9-14(7-4-2)20(25)22(18)27/h9-12H,3-8H2,1-2H3. The molecule has 0 atom stereocenters. The van der Waals surface area contributed by atoms with Gasteiger partial charge in [-0.1, -0.05) is 33.1 Å². The van der Waals surface area contributed by atoms with Crippen molar-refractivity contribution in [2.75, 3.05) is 0 Å². The van der Waals surface area contributed by atoms with Gasteiger partial charge in [-0.05, 0) is 42.5 Å². The van der Waals surface area contributed by atoms with Crippen molar-refractivity contribution in [3.8, 4) is 11.4 Å². The summed E-state index contributed by atoms with van der Waals surface area (Å²) in [6.45, 7) is 3.94. The summed E-state index contributed by atoms with van der Waals surface area (Å²) in [6.07, 6.45) is 8.05. The maximum absolute atomic E-state index is 15.0. The van der Waals surface area contributed by atoms with Crippen LogP contribution in [0.1, 0.15) is 50.7 Å². The van der Waals surface area contributed by atoms with E-state index in [1.807, 2.05) is 6.92 Å². The lowest BCUT2D eigenvalue weighted by molar-refractivity contribution is 0.504. The van der Waals surface area contributed by atoms with Gasteiger partial charge in [0.15, 0.2) is 29.1 Å². The number of benzene rings is 2. The van der Waals surface area contributed by atoms with E-state index in [4.69, 9.17) is 4.42 Å². The van der Waals surface area contributed by atoms with Crippen LogP contribution in [-0.4, -0.2) is 9.97 Å². The molecule has 0 aliphatic carbocycles. The van der Waals surface area contributed by atoms with Crippen molar-refractivity contribution in [2.24, 2.45) is 0 Å². The fraction of sp³-hybridized carbons (Fsp3) is 0.333. The largest absolute Gasteiger partial charge is 0.456 e. The third-order valence-corrected chi connectivity index (χ3v) is 5.42. The van der Waals surface area contributed by atoms with Crippen molar-refractivity contribution in [3.63, 3.8) is 0 Å². The molecule has 0 amide bonds. The van der Waals surface area contributed by atoms with Gasteiger partial charge in [0.05, 0.1) is 16.3 Å². The van der Waals surface area contributed by atoms with E-state index in [9.17, 15) is 17.6 Å². The van der Waals surface area contributed by atoms with Crippen molar-refractivity contribution in [3.05, 3.63) is 58.9 Å². The number of hydrogen-bond acceptors (Lipinski definition) is 3. The average Bonchev–Trinajstić information content (AvgIpc) is 3.14. The molecule has 0 radical (unpaired) electrons. The quantitative estimate of drug-likeness (QED) is 0.228. The van der Waals surface area contributed by atoms with Gasteiger partial charge in [-0.2, -0.15) is 0 Å². The lowest BCUT2D eigenvalue weighted by Crippen LogP contribution is -1.98. The number of nitrogens with zero attached hydrogens (tertiary/aromatic N) is 2. The topological polar surface area (TPSA) is 38.9 Å². The molecule has 7 heteroatoms. The van der Waals surface area contributed by atoms with Crippen LogP contribution >= 0.6 is 0 Å². The fourth-order valence-electron chi connectivity index (χ4n) is 3.82. The first-order valence-electron chi connectivity index (χ1n) is 10.5. The number of rotatable bonds is 7.